The summed E-state index contributed by atoms with van der Waals surface area (Å²) in [5.74, 6) is -0.0413. The van der Waals surface area contributed by atoms with E-state index in [0.29, 0.717) is 6.54 Å². The second-order valence-electron chi connectivity index (χ2n) is 5.85. The Balaban J connectivity index is 1.80. The molecule has 0 aliphatic carbocycles. The fraction of sp³-hybridized carbons (Fsp3) is 0.333. The number of carbonyl (C=O) groups is 1. The summed E-state index contributed by atoms with van der Waals surface area (Å²) < 4.78 is 4.16. The molecule has 5 nitrogen and oxygen atoms in total. The summed E-state index contributed by atoms with van der Waals surface area (Å²) in [6.07, 6.45) is 3.79. The highest BCUT2D eigenvalue weighted by Crippen LogP contribution is 2.15. The normalized spacial score (nSPS) is 11.1. The van der Waals surface area contributed by atoms with Gasteiger partial charge in [0.25, 0.3) is 5.91 Å². The molecule has 1 amide bonds. The molecule has 3 aromatic heterocycles. The van der Waals surface area contributed by atoms with E-state index < -0.39 is 0 Å². The Hall–Kier alpha value is -2.56. The monoisotopic (exact) mass is 310 g/mol. The molecule has 5 heteroatoms. The van der Waals surface area contributed by atoms with E-state index in [2.05, 4.69) is 21.8 Å². The number of pyridine rings is 1. The highest BCUT2D eigenvalue weighted by molar-refractivity contribution is 5.95. The average molecular weight is 310 g/mol. The summed E-state index contributed by atoms with van der Waals surface area (Å²) in [7, 11) is 0. The smallest absolute Gasteiger partial charge is 0.253 e. The van der Waals surface area contributed by atoms with E-state index in [0.717, 1.165) is 40.4 Å². The minimum atomic E-state index is -0.0413. The Morgan fingerprint density at radius 2 is 2.09 bits per heavy atom. The lowest BCUT2D eigenvalue weighted by Crippen LogP contribution is -2.24. The zero-order valence-corrected chi connectivity index (χ0v) is 14.1. The van der Waals surface area contributed by atoms with Gasteiger partial charge in [-0.05, 0) is 45.4 Å². The number of rotatable bonds is 4. The van der Waals surface area contributed by atoms with E-state index >= 15 is 0 Å². The summed E-state index contributed by atoms with van der Waals surface area (Å²) in [4.78, 5) is 16.9. The van der Waals surface area contributed by atoms with E-state index in [1.165, 1.54) is 0 Å². The van der Waals surface area contributed by atoms with E-state index in [-0.39, 0.29) is 5.91 Å². The molecule has 0 atom stereocenters. The molecular formula is C18H22N4O. The highest BCUT2D eigenvalue weighted by atomic mass is 16.1. The van der Waals surface area contributed by atoms with Gasteiger partial charge in [-0.3, -0.25) is 4.79 Å². The Bertz CT molecular complexity index is 873. The maximum absolute atomic E-state index is 12.5. The van der Waals surface area contributed by atoms with E-state index in [4.69, 9.17) is 0 Å². The van der Waals surface area contributed by atoms with Crippen molar-refractivity contribution in [2.75, 3.05) is 0 Å². The van der Waals surface area contributed by atoms with Gasteiger partial charge in [0.05, 0.1) is 24.0 Å². The number of aryl methyl sites for hydroxylation is 2. The average Bonchev–Trinajstić information content (AvgIpc) is 3.07. The van der Waals surface area contributed by atoms with Gasteiger partial charge < -0.3 is 14.3 Å². The summed E-state index contributed by atoms with van der Waals surface area (Å²) >= 11 is 0. The zero-order valence-electron chi connectivity index (χ0n) is 14.1. The van der Waals surface area contributed by atoms with Gasteiger partial charge in [-0.1, -0.05) is 6.07 Å². The van der Waals surface area contributed by atoms with E-state index in [9.17, 15) is 4.79 Å². The lowest BCUT2D eigenvalue weighted by molar-refractivity contribution is 0.0949. The van der Waals surface area contributed by atoms with Crippen molar-refractivity contribution in [1.29, 1.82) is 0 Å². The van der Waals surface area contributed by atoms with Crippen molar-refractivity contribution >= 4 is 11.6 Å². The Kier molecular flexibility index (Phi) is 3.94. The van der Waals surface area contributed by atoms with Crippen LogP contribution < -0.4 is 5.32 Å². The minimum Gasteiger partial charge on any atom is -0.349 e. The molecule has 0 aliphatic heterocycles. The van der Waals surface area contributed by atoms with Crippen molar-refractivity contribution in [3.8, 4) is 0 Å². The van der Waals surface area contributed by atoms with Crippen molar-refractivity contribution in [1.82, 2.24) is 19.3 Å². The first-order valence-corrected chi connectivity index (χ1v) is 7.89. The molecule has 0 bridgehead atoms. The fourth-order valence-corrected chi connectivity index (χ4v) is 3.12. The molecule has 120 valence electrons. The molecule has 3 rings (SSSR count). The molecule has 0 saturated carbocycles. The van der Waals surface area contributed by atoms with Crippen LogP contribution in [0.5, 0.6) is 0 Å². The van der Waals surface area contributed by atoms with Crippen LogP contribution in [-0.2, 0) is 13.1 Å². The summed E-state index contributed by atoms with van der Waals surface area (Å²) in [6.45, 7) is 9.47. The molecule has 3 heterocycles. The predicted molar refractivity (Wildman–Crippen MR) is 90.7 cm³/mol. The standard InChI is InChI=1S/C18H22N4O/c1-5-21-13(3)9-16(14(21)4)18(23)20-11-15-10-19-17-12(2)7-6-8-22(15)17/h6-10H,5,11H2,1-4H3,(H,20,23). The lowest BCUT2D eigenvalue weighted by atomic mass is 10.2. The number of hydrogen-bond donors (Lipinski definition) is 1. The number of nitrogens with one attached hydrogen (secondary N) is 1. The summed E-state index contributed by atoms with van der Waals surface area (Å²) in [5.41, 5.74) is 5.89. The van der Waals surface area contributed by atoms with Crippen molar-refractivity contribution in [3.63, 3.8) is 0 Å². The van der Waals surface area contributed by atoms with Crippen LogP contribution in [0.1, 0.15) is 39.9 Å². The first-order chi connectivity index (χ1) is 11.0. The lowest BCUT2D eigenvalue weighted by Gasteiger charge is -2.07. The van der Waals surface area contributed by atoms with Crippen LogP contribution in [0, 0.1) is 20.8 Å². The van der Waals surface area contributed by atoms with Gasteiger partial charge in [-0.25, -0.2) is 4.98 Å². The number of hydrogen-bond acceptors (Lipinski definition) is 2. The quantitative estimate of drug-likeness (QED) is 0.805. The zero-order chi connectivity index (χ0) is 16.6. The van der Waals surface area contributed by atoms with Crippen molar-refractivity contribution < 1.29 is 4.79 Å². The maximum Gasteiger partial charge on any atom is 0.253 e. The second kappa shape index (κ2) is 5.91. The number of aromatic nitrogens is 3. The largest absolute Gasteiger partial charge is 0.349 e. The van der Waals surface area contributed by atoms with Gasteiger partial charge in [-0.15, -0.1) is 0 Å². The fourth-order valence-electron chi connectivity index (χ4n) is 3.12. The molecule has 0 radical (unpaired) electrons. The van der Waals surface area contributed by atoms with Crippen LogP contribution in [0.15, 0.2) is 30.6 Å². The van der Waals surface area contributed by atoms with Gasteiger partial charge >= 0.3 is 0 Å². The van der Waals surface area contributed by atoms with Crippen LogP contribution in [-0.4, -0.2) is 19.9 Å². The molecule has 0 fully saturated rings. The molecule has 3 aromatic rings. The van der Waals surface area contributed by atoms with E-state index in [1.807, 2.05) is 55.8 Å². The number of fused-ring (bicyclic) bond motifs is 1. The van der Waals surface area contributed by atoms with Gasteiger partial charge in [0, 0.05) is 24.1 Å². The van der Waals surface area contributed by atoms with Crippen LogP contribution in [0.25, 0.3) is 5.65 Å². The number of imidazole rings is 1. The SMILES string of the molecule is CCn1c(C)cc(C(=O)NCc2cnc3c(C)cccn23)c1C. The van der Waals surface area contributed by atoms with Crippen molar-refractivity contribution in [3.05, 3.63) is 58.8 Å². The molecule has 0 unspecified atom stereocenters. The molecule has 1 N–H and O–H groups in total. The summed E-state index contributed by atoms with van der Waals surface area (Å²) in [6, 6.07) is 5.97. The third kappa shape index (κ3) is 2.63. The van der Waals surface area contributed by atoms with Gasteiger partial charge in [0.1, 0.15) is 5.65 Å². The Labute approximate surface area is 136 Å². The third-order valence-electron chi connectivity index (χ3n) is 4.37. The molecule has 0 spiro atoms. The van der Waals surface area contributed by atoms with Gasteiger partial charge in [-0.2, -0.15) is 0 Å². The topological polar surface area (TPSA) is 51.3 Å². The molecular weight excluding hydrogens is 288 g/mol. The summed E-state index contributed by atoms with van der Waals surface area (Å²) in [5, 5.41) is 3.01. The van der Waals surface area contributed by atoms with Gasteiger partial charge in [0.15, 0.2) is 0 Å². The van der Waals surface area contributed by atoms with Crippen molar-refractivity contribution in [2.45, 2.75) is 40.8 Å². The molecule has 23 heavy (non-hydrogen) atoms. The third-order valence-corrected chi connectivity index (χ3v) is 4.37. The number of nitrogens with zero attached hydrogens (tertiary/aromatic N) is 3. The minimum absolute atomic E-state index is 0.0413. The molecule has 0 saturated heterocycles. The second-order valence-corrected chi connectivity index (χ2v) is 5.85. The first kappa shape index (κ1) is 15.3. The van der Waals surface area contributed by atoms with Crippen molar-refractivity contribution in [2.24, 2.45) is 0 Å². The highest BCUT2D eigenvalue weighted by Gasteiger charge is 2.15. The van der Waals surface area contributed by atoms with Crippen LogP contribution in [0.4, 0.5) is 0 Å². The van der Waals surface area contributed by atoms with E-state index in [1.54, 1.807) is 0 Å². The van der Waals surface area contributed by atoms with Gasteiger partial charge in [0.2, 0.25) is 0 Å². The maximum atomic E-state index is 12.5. The van der Waals surface area contributed by atoms with Crippen LogP contribution >= 0.6 is 0 Å². The van der Waals surface area contributed by atoms with Crippen LogP contribution in [0.2, 0.25) is 0 Å². The Morgan fingerprint density at radius 3 is 2.78 bits per heavy atom. The molecule has 0 aromatic carbocycles. The van der Waals surface area contributed by atoms with Crippen LogP contribution in [0.3, 0.4) is 0 Å². The first-order valence-electron chi connectivity index (χ1n) is 7.89. The predicted octanol–water partition coefficient (Wildman–Crippen LogP) is 3.01. The Morgan fingerprint density at radius 1 is 1.30 bits per heavy atom. The number of amides is 1. The molecule has 0 aliphatic rings. The number of carbonyl (C=O) groups excluding carboxylic acids is 1.